The van der Waals surface area contributed by atoms with Crippen LogP contribution in [-0.4, -0.2) is 29.8 Å². The third-order valence-corrected chi connectivity index (χ3v) is 7.39. The molecule has 0 bridgehead atoms. The van der Waals surface area contributed by atoms with Gasteiger partial charge in [-0.1, -0.05) is 86.6 Å². The average molecular weight is 456 g/mol. The Kier molecular flexibility index (Phi) is 5.64. The van der Waals surface area contributed by atoms with Gasteiger partial charge in [-0.25, -0.2) is 4.79 Å². The maximum absolute atomic E-state index is 12.6. The molecule has 0 spiro atoms. The van der Waals surface area contributed by atoms with E-state index in [1.165, 1.54) is 16.7 Å². The molecule has 2 N–H and O–H groups in total. The summed E-state index contributed by atoms with van der Waals surface area (Å²) in [5.74, 6) is -0.466. The van der Waals surface area contributed by atoms with Gasteiger partial charge in [0.2, 0.25) is 0 Å². The van der Waals surface area contributed by atoms with Gasteiger partial charge in [-0.05, 0) is 52.1 Å². The predicted octanol–water partition coefficient (Wildman–Crippen LogP) is 5.83. The Balaban J connectivity index is 1.22. The summed E-state index contributed by atoms with van der Waals surface area (Å²) in [4.78, 5) is 24.7. The summed E-state index contributed by atoms with van der Waals surface area (Å²) in [6, 6.07) is 24.0. The van der Waals surface area contributed by atoms with Gasteiger partial charge in [0.15, 0.2) is 0 Å². The fourth-order valence-electron chi connectivity index (χ4n) is 5.41. The molecule has 5 nitrogen and oxygen atoms in total. The summed E-state index contributed by atoms with van der Waals surface area (Å²) in [5, 5.41) is 12.8. The zero-order chi connectivity index (χ0) is 23.9. The van der Waals surface area contributed by atoms with Crippen LogP contribution in [0, 0.1) is 0 Å². The number of hydrogen-bond acceptors (Lipinski definition) is 3. The van der Waals surface area contributed by atoms with Gasteiger partial charge >= 0.3 is 12.1 Å². The summed E-state index contributed by atoms with van der Waals surface area (Å²) < 4.78 is 5.63. The van der Waals surface area contributed by atoms with Crippen LogP contribution in [0.4, 0.5) is 4.79 Å². The minimum absolute atomic E-state index is 0.00266. The van der Waals surface area contributed by atoms with E-state index < -0.39 is 17.5 Å². The SMILES string of the molecule is CC(C)c1ccc(C2(C(=O)O)CC(NC(=O)OCC3c4ccccc4-c4ccccc43)C2)cc1. The van der Waals surface area contributed by atoms with Gasteiger partial charge in [0.25, 0.3) is 0 Å². The molecule has 2 aliphatic rings. The van der Waals surface area contributed by atoms with Crippen LogP contribution in [0.2, 0.25) is 0 Å². The second kappa shape index (κ2) is 8.64. The third-order valence-electron chi connectivity index (χ3n) is 7.39. The van der Waals surface area contributed by atoms with Crippen LogP contribution in [0.5, 0.6) is 0 Å². The topological polar surface area (TPSA) is 75.6 Å². The molecule has 174 valence electrons. The Bertz CT molecular complexity index is 1180. The van der Waals surface area contributed by atoms with Crippen LogP contribution >= 0.6 is 0 Å². The van der Waals surface area contributed by atoms with E-state index in [0.29, 0.717) is 18.8 Å². The highest BCUT2D eigenvalue weighted by molar-refractivity contribution is 5.84. The molecule has 0 radical (unpaired) electrons. The smallest absolute Gasteiger partial charge is 0.407 e. The zero-order valence-corrected chi connectivity index (χ0v) is 19.5. The summed E-state index contributed by atoms with van der Waals surface area (Å²) in [7, 11) is 0. The van der Waals surface area contributed by atoms with Gasteiger partial charge in [0.05, 0.1) is 5.41 Å². The second-order valence-electron chi connectivity index (χ2n) is 9.74. The van der Waals surface area contributed by atoms with Crippen LogP contribution in [-0.2, 0) is 14.9 Å². The first-order chi connectivity index (χ1) is 16.4. The molecular weight excluding hydrogens is 426 g/mol. The van der Waals surface area contributed by atoms with E-state index >= 15 is 0 Å². The molecule has 2 aliphatic carbocycles. The monoisotopic (exact) mass is 455 g/mol. The first-order valence-electron chi connectivity index (χ1n) is 11.8. The summed E-state index contributed by atoms with van der Waals surface area (Å²) in [6.07, 6.45) is 0.210. The molecule has 5 rings (SSSR count). The molecule has 0 aromatic heterocycles. The lowest BCUT2D eigenvalue weighted by atomic mass is 9.61. The predicted molar refractivity (Wildman–Crippen MR) is 131 cm³/mol. The van der Waals surface area contributed by atoms with Gasteiger partial charge in [-0.3, -0.25) is 4.79 Å². The van der Waals surface area contributed by atoms with Crippen molar-refractivity contribution in [2.75, 3.05) is 6.61 Å². The van der Waals surface area contributed by atoms with Gasteiger partial charge in [0.1, 0.15) is 6.61 Å². The highest BCUT2D eigenvalue weighted by atomic mass is 16.5. The Morgan fingerprint density at radius 3 is 2.03 bits per heavy atom. The van der Waals surface area contributed by atoms with E-state index in [2.05, 4.69) is 43.4 Å². The van der Waals surface area contributed by atoms with Gasteiger partial charge in [-0.15, -0.1) is 0 Å². The van der Waals surface area contributed by atoms with Crippen molar-refractivity contribution in [3.8, 4) is 11.1 Å². The number of carboxylic acid groups (broad SMARTS) is 1. The van der Waals surface area contributed by atoms with Crippen molar-refractivity contribution in [2.24, 2.45) is 0 Å². The normalized spacial score (nSPS) is 20.9. The number of rotatable bonds is 6. The Hall–Kier alpha value is -3.60. The highest BCUT2D eigenvalue weighted by Crippen LogP contribution is 2.46. The number of aliphatic carboxylic acids is 1. The largest absolute Gasteiger partial charge is 0.481 e. The Morgan fingerprint density at radius 1 is 0.941 bits per heavy atom. The number of carboxylic acids is 1. The fourth-order valence-corrected chi connectivity index (χ4v) is 5.41. The lowest BCUT2D eigenvalue weighted by molar-refractivity contribution is -0.148. The fraction of sp³-hybridized carbons (Fsp3) is 0.310. The first-order valence-corrected chi connectivity index (χ1v) is 11.8. The number of alkyl carbamates (subject to hydrolysis) is 1. The maximum atomic E-state index is 12.6. The van der Waals surface area contributed by atoms with Crippen LogP contribution in [0.1, 0.15) is 60.8 Å². The molecule has 3 aromatic rings. The summed E-state index contributed by atoms with van der Waals surface area (Å²) in [6.45, 7) is 4.46. The van der Waals surface area contributed by atoms with E-state index in [1.807, 2.05) is 48.5 Å². The number of ether oxygens (including phenoxy) is 1. The van der Waals surface area contributed by atoms with E-state index in [0.717, 1.165) is 16.7 Å². The van der Waals surface area contributed by atoms with E-state index in [4.69, 9.17) is 4.74 Å². The zero-order valence-electron chi connectivity index (χ0n) is 19.5. The van der Waals surface area contributed by atoms with Crippen molar-refractivity contribution in [3.63, 3.8) is 0 Å². The quantitative estimate of drug-likeness (QED) is 0.490. The lowest BCUT2D eigenvalue weighted by Crippen LogP contribution is -2.57. The lowest BCUT2D eigenvalue weighted by Gasteiger charge is -2.44. The molecule has 0 unspecified atom stereocenters. The van der Waals surface area contributed by atoms with Crippen LogP contribution in [0.3, 0.4) is 0 Å². The van der Waals surface area contributed by atoms with Crippen molar-refractivity contribution in [1.29, 1.82) is 0 Å². The van der Waals surface area contributed by atoms with E-state index in [1.54, 1.807) is 0 Å². The molecule has 1 fully saturated rings. The molecule has 3 aromatic carbocycles. The van der Waals surface area contributed by atoms with E-state index in [9.17, 15) is 14.7 Å². The molecule has 1 saturated carbocycles. The molecule has 5 heteroatoms. The molecule has 0 heterocycles. The number of carbonyl (C=O) groups excluding carboxylic acids is 1. The number of fused-ring (bicyclic) bond motifs is 3. The average Bonchev–Trinajstić information content (AvgIpc) is 3.13. The van der Waals surface area contributed by atoms with Gasteiger partial charge in [0, 0.05) is 12.0 Å². The van der Waals surface area contributed by atoms with Crippen molar-refractivity contribution in [1.82, 2.24) is 5.32 Å². The number of benzene rings is 3. The number of carbonyl (C=O) groups is 2. The van der Waals surface area contributed by atoms with Gasteiger partial charge in [-0.2, -0.15) is 0 Å². The molecule has 0 aliphatic heterocycles. The van der Waals surface area contributed by atoms with Crippen molar-refractivity contribution in [2.45, 2.75) is 50.0 Å². The Labute approximate surface area is 199 Å². The highest BCUT2D eigenvalue weighted by Gasteiger charge is 2.52. The number of amides is 1. The minimum Gasteiger partial charge on any atom is -0.481 e. The van der Waals surface area contributed by atoms with E-state index in [-0.39, 0.29) is 18.6 Å². The number of hydrogen-bond donors (Lipinski definition) is 2. The van der Waals surface area contributed by atoms with Crippen LogP contribution in [0.15, 0.2) is 72.8 Å². The third kappa shape index (κ3) is 3.75. The van der Waals surface area contributed by atoms with Gasteiger partial charge < -0.3 is 15.2 Å². The van der Waals surface area contributed by atoms with Crippen molar-refractivity contribution < 1.29 is 19.4 Å². The molecular formula is C29H29NO4. The summed E-state index contributed by atoms with van der Waals surface area (Å²) >= 11 is 0. The second-order valence-corrected chi connectivity index (χ2v) is 9.74. The van der Waals surface area contributed by atoms with Crippen LogP contribution in [0.25, 0.3) is 11.1 Å². The number of nitrogens with one attached hydrogen (secondary N) is 1. The van der Waals surface area contributed by atoms with Crippen molar-refractivity contribution in [3.05, 3.63) is 95.1 Å². The molecule has 34 heavy (non-hydrogen) atoms. The minimum atomic E-state index is -0.962. The summed E-state index contributed by atoms with van der Waals surface area (Å²) in [5.41, 5.74) is 5.69. The Morgan fingerprint density at radius 2 is 1.50 bits per heavy atom. The molecule has 0 saturated heterocycles. The molecule has 1 amide bonds. The first kappa shape index (κ1) is 22.2. The molecule has 0 atom stereocenters. The van der Waals surface area contributed by atoms with Crippen molar-refractivity contribution >= 4 is 12.1 Å². The standard InChI is InChI=1S/C29H29NO4/c1-18(2)19-11-13-20(14-12-19)29(27(31)32)15-21(16-29)30-28(33)34-17-26-24-9-5-3-7-22(24)23-8-4-6-10-25(23)26/h3-14,18,21,26H,15-17H2,1-2H3,(H,30,33)(H,31,32). The van der Waals surface area contributed by atoms with Crippen LogP contribution < -0.4 is 5.32 Å². The maximum Gasteiger partial charge on any atom is 0.407 e.